The number of benzene rings is 1. The molecule has 6 nitrogen and oxygen atoms in total. The first-order valence-electron chi connectivity index (χ1n) is 8.20. The smallest absolute Gasteiger partial charge is 0.323 e. The van der Waals surface area contributed by atoms with Crippen molar-refractivity contribution < 1.29 is 19.0 Å². The molecule has 136 valence electrons. The minimum atomic E-state index is -1.03. The molecule has 0 spiro atoms. The molecule has 25 heavy (non-hydrogen) atoms. The highest BCUT2D eigenvalue weighted by Crippen LogP contribution is 2.27. The zero-order valence-electron chi connectivity index (χ0n) is 14.2. The molecule has 0 saturated carbocycles. The van der Waals surface area contributed by atoms with E-state index in [4.69, 9.17) is 4.74 Å². The summed E-state index contributed by atoms with van der Waals surface area (Å²) < 4.78 is 21.2. The molecule has 0 unspecified atom stereocenters. The van der Waals surface area contributed by atoms with E-state index < -0.39 is 24.3 Å². The summed E-state index contributed by atoms with van der Waals surface area (Å²) in [6, 6.07) is 5.22. The summed E-state index contributed by atoms with van der Waals surface area (Å²) in [5.41, 5.74) is 1.50. The Balaban J connectivity index is 1.82. The quantitative estimate of drug-likeness (QED) is 0.762. The number of esters is 1. The summed E-state index contributed by atoms with van der Waals surface area (Å²) in [5, 5.41) is 15.4. The highest BCUT2D eigenvalue weighted by Gasteiger charge is 2.37. The SMILES string of the molecule is COC(=O)[C@H]1C[C@@H](F)CN1CCn1nc([C@@H](C)O)c2cc(Br)ccc21. The third-order valence-corrected chi connectivity index (χ3v) is 5.05. The first kappa shape index (κ1) is 18.3. The number of aliphatic hydroxyl groups excluding tert-OH is 1. The lowest BCUT2D eigenvalue weighted by molar-refractivity contribution is -0.145. The van der Waals surface area contributed by atoms with E-state index >= 15 is 0 Å². The number of likely N-dealkylation sites (tertiary alicyclic amines) is 1. The van der Waals surface area contributed by atoms with Gasteiger partial charge in [-0.3, -0.25) is 14.4 Å². The van der Waals surface area contributed by atoms with Crippen LogP contribution in [-0.4, -0.2) is 58.2 Å². The number of carbonyl (C=O) groups excluding carboxylic acids is 1. The van der Waals surface area contributed by atoms with Crippen LogP contribution in [0.5, 0.6) is 0 Å². The number of alkyl halides is 1. The number of carbonyl (C=O) groups is 1. The van der Waals surface area contributed by atoms with Crippen LogP contribution in [0.15, 0.2) is 22.7 Å². The van der Waals surface area contributed by atoms with Crippen molar-refractivity contribution in [2.75, 3.05) is 20.2 Å². The van der Waals surface area contributed by atoms with Crippen molar-refractivity contribution in [2.24, 2.45) is 0 Å². The zero-order chi connectivity index (χ0) is 18.1. The number of ether oxygens (including phenoxy) is 1. The standard InChI is InChI=1S/C17H21BrFN3O3/c1-10(23)16-13-7-11(18)3-4-14(13)22(20-16)6-5-21-9-12(19)8-15(21)17(24)25-2/h3-4,7,10,12,15,23H,5-6,8-9H2,1-2H3/t10-,12-,15-/m1/s1. The van der Waals surface area contributed by atoms with Crippen LogP contribution < -0.4 is 0 Å². The molecule has 1 N–H and O–H groups in total. The third kappa shape index (κ3) is 3.70. The van der Waals surface area contributed by atoms with E-state index in [9.17, 15) is 14.3 Å². The highest BCUT2D eigenvalue weighted by molar-refractivity contribution is 9.10. The molecule has 1 aromatic carbocycles. The van der Waals surface area contributed by atoms with Gasteiger partial charge in [-0.25, -0.2) is 4.39 Å². The van der Waals surface area contributed by atoms with E-state index in [2.05, 4.69) is 21.0 Å². The van der Waals surface area contributed by atoms with Gasteiger partial charge in [0.25, 0.3) is 0 Å². The number of halogens is 2. The molecular weight excluding hydrogens is 393 g/mol. The Hall–Kier alpha value is -1.51. The van der Waals surface area contributed by atoms with Crippen molar-refractivity contribution in [1.29, 1.82) is 0 Å². The van der Waals surface area contributed by atoms with Gasteiger partial charge in [-0.1, -0.05) is 15.9 Å². The van der Waals surface area contributed by atoms with E-state index in [1.807, 2.05) is 18.2 Å². The Morgan fingerprint density at radius 3 is 2.96 bits per heavy atom. The molecule has 2 aromatic rings. The van der Waals surface area contributed by atoms with Crippen LogP contribution in [0, 0.1) is 0 Å². The molecule has 0 amide bonds. The van der Waals surface area contributed by atoms with Crippen molar-refractivity contribution in [3.8, 4) is 0 Å². The van der Waals surface area contributed by atoms with Crippen molar-refractivity contribution in [3.63, 3.8) is 0 Å². The fourth-order valence-electron chi connectivity index (χ4n) is 3.35. The molecular formula is C17H21BrFN3O3. The summed E-state index contributed by atoms with van der Waals surface area (Å²) in [5.74, 6) is -0.404. The third-order valence-electron chi connectivity index (χ3n) is 4.56. The lowest BCUT2D eigenvalue weighted by Gasteiger charge is -2.21. The van der Waals surface area contributed by atoms with Crippen molar-refractivity contribution in [2.45, 2.75) is 38.2 Å². The molecule has 0 aliphatic carbocycles. The van der Waals surface area contributed by atoms with E-state index in [1.54, 1.807) is 16.5 Å². The summed E-state index contributed by atoms with van der Waals surface area (Å²) in [4.78, 5) is 13.6. The number of aliphatic hydroxyl groups is 1. The monoisotopic (exact) mass is 413 g/mol. The van der Waals surface area contributed by atoms with Gasteiger partial charge in [-0.15, -0.1) is 0 Å². The number of rotatable bonds is 5. The Morgan fingerprint density at radius 2 is 2.28 bits per heavy atom. The van der Waals surface area contributed by atoms with E-state index in [-0.39, 0.29) is 13.0 Å². The van der Waals surface area contributed by atoms with Crippen LogP contribution in [0.2, 0.25) is 0 Å². The minimum absolute atomic E-state index is 0.165. The molecule has 8 heteroatoms. The van der Waals surface area contributed by atoms with Crippen molar-refractivity contribution in [3.05, 3.63) is 28.4 Å². The second-order valence-electron chi connectivity index (χ2n) is 6.31. The average Bonchev–Trinajstić information content (AvgIpc) is 3.12. The van der Waals surface area contributed by atoms with Crippen LogP contribution in [0.3, 0.4) is 0 Å². The molecule has 1 aliphatic rings. The first-order chi connectivity index (χ1) is 11.9. The number of hydrogen-bond donors (Lipinski definition) is 1. The van der Waals surface area contributed by atoms with Gasteiger partial charge < -0.3 is 9.84 Å². The van der Waals surface area contributed by atoms with Crippen LogP contribution in [0.25, 0.3) is 10.9 Å². The molecule has 1 fully saturated rings. The summed E-state index contributed by atoms with van der Waals surface area (Å²) in [6.45, 7) is 2.86. The fourth-order valence-corrected chi connectivity index (χ4v) is 3.72. The van der Waals surface area contributed by atoms with Crippen LogP contribution >= 0.6 is 15.9 Å². The van der Waals surface area contributed by atoms with Gasteiger partial charge >= 0.3 is 5.97 Å². The van der Waals surface area contributed by atoms with E-state index in [1.165, 1.54) is 7.11 Å². The average molecular weight is 414 g/mol. The zero-order valence-corrected chi connectivity index (χ0v) is 15.7. The van der Waals surface area contributed by atoms with Gasteiger partial charge in [0.05, 0.1) is 31.0 Å². The Morgan fingerprint density at radius 1 is 1.52 bits per heavy atom. The Labute approximate surface area is 153 Å². The minimum Gasteiger partial charge on any atom is -0.468 e. The molecule has 1 saturated heterocycles. The molecule has 2 heterocycles. The maximum atomic E-state index is 13.7. The van der Waals surface area contributed by atoms with E-state index in [0.717, 1.165) is 15.4 Å². The van der Waals surface area contributed by atoms with Crippen LogP contribution in [-0.2, 0) is 16.1 Å². The van der Waals surface area contributed by atoms with Gasteiger partial charge in [0.1, 0.15) is 12.2 Å². The Bertz CT molecular complexity index is 780. The normalized spacial score (nSPS) is 22.4. The lowest BCUT2D eigenvalue weighted by atomic mass is 10.1. The second kappa shape index (κ2) is 7.39. The topological polar surface area (TPSA) is 67.6 Å². The van der Waals surface area contributed by atoms with Crippen LogP contribution in [0.1, 0.15) is 25.1 Å². The second-order valence-corrected chi connectivity index (χ2v) is 7.23. The summed E-state index contributed by atoms with van der Waals surface area (Å²) >= 11 is 3.44. The molecule has 0 bridgehead atoms. The predicted molar refractivity (Wildman–Crippen MR) is 95.0 cm³/mol. The van der Waals surface area contributed by atoms with Crippen LogP contribution in [0.4, 0.5) is 4.39 Å². The van der Waals surface area contributed by atoms with Crippen molar-refractivity contribution in [1.82, 2.24) is 14.7 Å². The predicted octanol–water partition coefficient (Wildman–Crippen LogP) is 2.44. The van der Waals surface area contributed by atoms with Crippen molar-refractivity contribution >= 4 is 32.8 Å². The van der Waals surface area contributed by atoms with Gasteiger partial charge in [-0.05, 0) is 25.1 Å². The van der Waals surface area contributed by atoms with Gasteiger partial charge in [0.2, 0.25) is 0 Å². The molecule has 3 rings (SSSR count). The largest absolute Gasteiger partial charge is 0.468 e. The maximum Gasteiger partial charge on any atom is 0.323 e. The number of nitrogens with zero attached hydrogens (tertiary/aromatic N) is 3. The number of hydrogen-bond acceptors (Lipinski definition) is 5. The fraction of sp³-hybridized carbons (Fsp3) is 0.529. The summed E-state index contributed by atoms with van der Waals surface area (Å²) in [7, 11) is 1.32. The molecule has 1 aromatic heterocycles. The number of aromatic nitrogens is 2. The number of fused-ring (bicyclic) bond motifs is 1. The van der Waals surface area contributed by atoms with E-state index in [0.29, 0.717) is 18.8 Å². The lowest BCUT2D eigenvalue weighted by Crippen LogP contribution is -2.38. The Kier molecular flexibility index (Phi) is 5.41. The maximum absolute atomic E-state index is 13.7. The van der Waals surface area contributed by atoms with Gasteiger partial charge in [-0.2, -0.15) is 5.10 Å². The molecule has 1 aliphatic heterocycles. The summed E-state index contributed by atoms with van der Waals surface area (Å²) in [6.07, 6.45) is -1.55. The number of methoxy groups -OCH3 is 1. The molecule has 3 atom stereocenters. The van der Waals surface area contributed by atoms with Gasteiger partial charge in [0, 0.05) is 29.4 Å². The molecule has 0 radical (unpaired) electrons. The first-order valence-corrected chi connectivity index (χ1v) is 9.00. The van der Waals surface area contributed by atoms with Gasteiger partial charge in [0.15, 0.2) is 0 Å². The highest BCUT2D eigenvalue weighted by atomic mass is 79.9.